The van der Waals surface area contributed by atoms with Gasteiger partial charge in [0.25, 0.3) is 0 Å². The highest BCUT2D eigenvalue weighted by molar-refractivity contribution is 6.02. The van der Waals surface area contributed by atoms with E-state index in [-0.39, 0.29) is 11.9 Å². The minimum Gasteiger partial charge on any atom is -0.497 e. The zero-order chi connectivity index (χ0) is 13.1. The fourth-order valence-corrected chi connectivity index (χ4v) is 2.33. The summed E-state index contributed by atoms with van der Waals surface area (Å²) < 4.78 is 5.21. The van der Waals surface area contributed by atoms with Crippen LogP contribution in [0, 0.1) is 0 Å². The number of ether oxygens (including phenoxy) is 1. The smallest absolute Gasteiger partial charge is 0.246 e. The Balaban J connectivity index is 2.20. The molecule has 0 fully saturated rings. The Kier molecular flexibility index (Phi) is 3.87. The first-order valence-electron chi connectivity index (χ1n) is 6.40. The zero-order valence-corrected chi connectivity index (χ0v) is 11.1. The van der Waals surface area contributed by atoms with Crippen LogP contribution in [0.5, 0.6) is 5.75 Å². The van der Waals surface area contributed by atoms with Gasteiger partial charge in [0, 0.05) is 17.3 Å². The van der Waals surface area contributed by atoms with Crippen molar-refractivity contribution < 1.29 is 9.53 Å². The molecule has 4 heteroatoms. The predicted octanol–water partition coefficient (Wildman–Crippen LogP) is 2.47. The maximum Gasteiger partial charge on any atom is 0.246 e. The zero-order valence-electron chi connectivity index (χ0n) is 11.1. The minimum absolute atomic E-state index is 0.0150. The van der Waals surface area contributed by atoms with Crippen molar-refractivity contribution in [2.75, 3.05) is 12.4 Å². The molecule has 0 saturated carbocycles. The molecule has 98 valence electrons. The molecule has 0 radical (unpaired) electrons. The standard InChI is InChI=1S/C14H20N2O2/c1-4-5-9(2)15-13-11-8-10(18-3)6-7-12(11)16-14(13)17/h6-9,13,15H,4-5H2,1-3H3,(H,16,17). The highest BCUT2D eigenvalue weighted by atomic mass is 16.5. The molecule has 2 N–H and O–H groups in total. The maximum absolute atomic E-state index is 12.0. The van der Waals surface area contributed by atoms with Crippen LogP contribution >= 0.6 is 0 Å². The van der Waals surface area contributed by atoms with Gasteiger partial charge in [-0.15, -0.1) is 0 Å². The quantitative estimate of drug-likeness (QED) is 0.841. The normalized spacial score (nSPS) is 19.3. The van der Waals surface area contributed by atoms with E-state index >= 15 is 0 Å². The molecular weight excluding hydrogens is 228 g/mol. The van der Waals surface area contributed by atoms with Crippen molar-refractivity contribution in [1.82, 2.24) is 5.32 Å². The van der Waals surface area contributed by atoms with Crippen LogP contribution in [0.15, 0.2) is 18.2 Å². The Morgan fingerprint density at radius 1 is 1.50 bits per heavy atom. The lowest BCUT2D eigenvalue weighted by molar-refractivity contribution is -0.117. The molecule has 4 nitrogen and oxygen atoms in total. The van der Waals surface area contributed by atoms with Gasteiger partial charge >= 0.3 is 0 Å². The lowest BCUT2D eigenvalue weighted by Crippen LogP contribution is -2.34. The minimum atomic E-state index is -0.267. The molecule has 1 aromatic rings. The number of carbonyl (C=O) groups is 1. The second-order valence-electron chi connectivity index (χ2n) is 4.73. The summed E-state index contributed by atoms with van der Waals surface area (Å²) in [4.78, 5) is 12.0. The molecule has 0 bridgehead atoms. The van der Waals surface area contributed by atoms with Gasteiger partial charge in [-0.25, -0.2) is 0 Å². The van der Waals surface area contributed by atoms with Crippen LogP contribution in [0.1, 0.15) is 38.3 Å². The lowest BCUT2D eigenvalue weighted by atomic mass is 10.1. The fraction of sp³-hybridized carbons (Fsp3) is 0.500. The van der Waals surface area contributed by atoms with Crippen LogP contribution < -0.4 is 15.4 Å². The summed E-state index contributed by atoms with van der Waals surface area (Å²) in [5, 5.41) is 6.26. The first-order valence-corrected chi connectivity index (χ1v) is 6.40. The van der Waals surface area contributed by atoms with Gasteiger partial charge in [-0.05, 0) is 31.5 Å². The average Bonchev–Trinajstić information content (AvgIpc) is 2.65. The summed E-state index contributed by atoms with van der Waals surface area (Å²) in [7, 11) is 1.63. The van der Waals surface area contributed by atoms with Crippen molar-refractivity contribution >= 4 is 11.6 Å². The molecule has 18 heavy (non-hydrogen) atoms. The third-order valence-corrected chi connectivity index (χ3v) is 3.26. The largest absolute Gasteiger partial charge is 0.497 e. The summed E-state index contributed by atoms with van der Waals surface area (Å²) in [5.74, 6) is 0.793. The lowest BCUT2D eigenvalue weighted by Gasteiger charge is -2.18. The van der Waals surface area contributed by atoms with E-state index in [4.69, 9.17) is 4.74 Å². The van der Waals surface area contributed by atoms with Crippen molar-refractivity contribution in [2.45, 2.75) is 38.8 Å². The van der Waals surface area contributed by atoms with Crippen molar-refractivity contribution in [3.05, 3.63) is 23.8 Å². The van der Waals surface area contributed by atoms with Gasteiger partial charge in [0.15, 0.2) is 0 Å². The molecule has 0 saturated heterocycles. The van der Waals surface area contributed by atoms with E-state index in [1.165, 1.54) is 0 Å². The summed E-state index contributed by atoms with van der Waals surface area (Å²) in [5.41, 5.74) is 1.85. The number of rotatable bonds is 5. The summed E-state index contributed by atoms with van der Waals surface area (Å²) >= 11 is 0. The molecular formula is C14H20N2O2. The van der Waals surface area contributed by atoms with Crippen molar-refractivity contribution in [3.8, 4) is 5.75 Å². The van der Waals surface area contributed by atoms with Gasteiger partial charge in [0.1, 0.15) is 11.8 Å². The Morgan fingerprint density at radius 3 is 2.94 bits per heavy atom. The SMILES string of the molecule is CCCC(C)NC1C(=O)Nc2ccc(OC)cc21. The average molecular weight is 248 g/mol. The van der Waals surface area contributed by atoms with E-state index in [0.717, 1.165) is 29.8 Å². The molecule has 1 aromatic carbocycles. The molecule has 0 aromatic heterocycles. The van der Waals surface area contributed by atoms with Gasteiger partial charge in [0.05, 0.1) is 7.11 Å². The van der Waals surface area contributed by atoms with Gasteiger partial charge < -0.3 is 10.1 Å². The van der Waals surface area contributed by atoms with E-state index in [1.54, 1.807) is 7.11 Å². The maximum atomic E-state index is 12.0. The van der Waals surface area contributed by atoms with Crippen LogP contribution in [-0.4, -0.2) is 19.1 Å². The van der Waals surface area contributed by atoms with Crippen LogP contribution in [0.2, 0.25) is 0 Å². The molecule has 2 rings (SSSR count). The van der Waals surface area contributed by atoms with Crippen molar-refractivity contribution in [2.24, 2.45) is 0 Å². The number of nitrogens with one attached hydrogen (secondary N) is 2. The number of anilines is 1. The van der Waals surface area contributed by atoms with Crippen LogP contribution in [0.3, 0.4) is 0 Å². The molecule has 1 aliphatic rings. The van der Waals surface area contributed by atoms with Gasteiger partial charge in [-0.1, -0.05) is 13.3 Å². The Labute approximate surface area is 108 Å². The van der Waals surface area contributed by atoms with Gasteiger partial charge in [-0.2, -0.15) is 0 Å². The summed E-state index contributed by atoms with van der Waals surface area (Å²) in [6, 6.07) is 5.72. The monoisotopic (exact) mass is 248 g/mol. The van der Waals surface area contributed by atoms with Crippen LogP contribution in [0.4, 0.5) is 5.69 Å². The van der Waals surface area contributed by atoms with Gasteiger partial charge in [-0.3, -0.25) is 10.1 Å². The molecule has 1 heterocycles. The number of methoxy groups -OCH3 is 1. The molecule has 1 amide bonds. The first-order chi connectivity index (χ1) is 8.65. The third-order valence-electron chi connectivity index (χ3n) is 3.26. The van der Waals surface area contributed by atoms with E-state index in [0.29, 0.717) is 6.04 Å². The molecule has 0 spiro atoms. The third kappa shape index (κ3) is 2.48. The van der Waals surface area contributed by atoms with E-state index in [2.05, 4.69) is 24.5 Å². The number of amides is 1. The van der Waals surface area contributed by atoms with Crippen molar-refractivity contribution in [3.63, 3.8) is 0 Å². The van der Waals surface area contributed by atoms with E-state index in [9.17, 15) is 4.79 Å². The molecule has 2 unspecified atom stereocenters. The molecule has 0 aliphatic carbocycles. The number of carbonyl (C=O) groups excluding carboxylic acids is 1. The highest BCUT2D eigenvalue weighted by Gasteiger charge is 2.31. The Hall–Kier alpha value is -1.55. The summed E-state index contributed by atoms with van der Waals surface area (Å²) in [6.07, 6.45) is 2.16. The van der Waals surface area contributed by atoms with Crippen LogP contribution in [-0.2, 0) is 4.79 Å². The van der Waals surface area contributed by atoms with Gasteiger partial charge in [0.2, 0.25) is 5.91 Å². The Morgan fingerprint density at radius 2 is 2.28 bits per heavy atom. The second-order valence-corrected chi connectivity index (χ2v) is 4.73. The summed E-state index contributed by atoms with van der Waals surface area (Å²) in [6.45, 7) is 4.25. The first kappa shape index (κ1) is 12.9. The highest BCUT2D eigenvalue weighted by Crippen LogP contribution is 2.34. The predicted molar refractivity (Wildman–Crippen MR) is 71.9 cm³/mol. The van der Waals surface area contributed by atoms with Crippen molar-refractivity contribution in [1.29, 1.82) is 0 Å². The second kappa shape index (κ2) is 5.40. The number of fused-ring (bicyclic) bond motifs is 1. The molecule has 1 aliphatic heterocycles. The topological polar surface area (TPSA) is 50.4 Å². The number of benzene rings is 1. The number of hydrogen-bond acceptors (Lipinski definition) is 3. The Bertz CT molecular complexity index is 445. The number of hydrogen-bond donors (Lipinski definition) is 2. The molecule has 2 atom stereocenters. The van der Waals surface area contributed by atoms with Crippen LogP contribution in [0.25, 0.3) is 0 Å². The fourth-order valence-electron chi connectivity index (χ4n) is 2.33. The van der Waals surface area contributed by atoms with E-state index in [1.807, 2.05) is 18.2 Å². The van der Waals surface area contributed by atoms with E-state index < -0.39 is 0 Å².